The predicted molar refractivity (Wildman–Crippen MR) is 77.4 cm³/mol. The van der Waals surface area contributed by atoms with Crippen molar-refractivity contribution in [3.63, 3.8) is 0 Å². The SMILES string of the molecule is NCC(CC1Cc2cc(F)ccc2O1)c1ccccc1. The third-order valence-corrected chi connectivity index (χ3v) is 3.87. The molecule has 0 aliphatic carbocycles. The van der Waals surface area contributed by atoms with E-state index in [4.69, 9.17) is 10.5 Å². The van der Waals surface area contributed by atoms with Gasteiger partial charge in [-0.2, -0.15) is 0 Å². The Hall–Kier alpha value is -1.87. The molecule has 3 rings (SSSR count). The van der Waals surface area contributed by atoms with Crippen LogP contribution in [0.25, 0.3) is 0 Å². The summed E-state index contributed by atoms with van der Waals surface area (Å²) in [6.07, 6.45) is 1.70. The normalized spacial score (nSPS) is 18.4. The maximum Gasteiger partial charge on any atom is 0.123 e. The van der Waals surface area contributed by atoms with E-state index in [0.29, 0.717) is 6.54 Å². The van der Waals surface area contributed by atoms with Crippen LogP contribution in [0.1, 0.15) is 23.5 Å². The third kappa shape index (κ3) is 2.68. The molecule has 1 aliphatic heterocycles. The maximum absolute atomic E-state index is 13.2. The molecule has 2 unspecified atom stereocenters. The molecule has 0 saturated heterocycles. The fraction of sp³-hybridized carbons (Fsp3) is 0.294. The molecule has 0 saturated carbocycles. The number of fused-ring (bicyclic) bond motifs is 1. The molecule has 2 N–H and O–H groups in total. The Kier molecular flexibility index (Phi) is 3.70. The number of benzene rings is 2. The molecular formula is C17H18FNO. The van der Waals surface area contributed by atoms with Crippen LogP contribution in [-0.4, -0.2) is 12.6 Å². The highest BCUT2D eigenvalue weighted by molar-refractivity contribution is 5.38. The molecule has 2 aromatic rings. The summed E-state index contributed by atoms with van der Waals surface area (Å²) in [7, 11) is 0. The topological polar surface area (TPSA) is 35.2 Å². The number of nitrogens with two attached hydrogens (primary N) is 1. The lowest BCUT2D eigenvalue weighted by Gasteiger charge is -2.19. The number of hydrogen-bond donors (Lipinski definition) is 1. The molecule has 0 fully saturated rings. The van der Waals surface area contributed by atoms with Crippen LogP contribution in [-0.2, 0) is 6.42 Å². The fourth-order valence-corrected chi connectivity index (χ4v) is 2.83. The van der Waals surface area contributed by atoms with Gasteiger partial charge in [0.1, 0.15) is 17.7 Å². The average Bonchev–Trinajstić information content (AvgIpc) is 2.87. The zero-order valence-electron chi connectivity index (χ0n) is 11.3. The molecule has 0 amide bonds. The quantitative estimate of drug-likeness (QED) is 0.926. The Labute approximate surface area is 118 Å². The number of halogens is 1. The first-order valence-corrected chi connectivity index (χ1v) is 6.96. The first-order chi connectivity index (χ1) is 9.76. The van der Waals surface area contributed by atoms with Gasteiger partial charge in [-0.25, -0.2) is 4.39 Å². The Bertz CT molecular complexity index is 585. The molecule has 104 valence electrons. The average molecular weight is 271 g/mol. The van der Waals surface area contributed by atoms with Crippen LogP contribution >= 0.6 is 0 Å². The molecule has 2 nitrogen and oxygen atoms in total. The summed E-state index contributed by atoms with van der Waals surface area (Å²) < 4.78 is 19.1. The monoisotopic (exact) mass is 271 g/mol. The summed E-state index contributed by atoms with van der Waals surface area (Å²) in [5.74, 6) is 0.882. The van der Waals surface area contributed by atoms with Gasteiger partial charge in [-0.15, -0.1) is 0 Å². The van der Waals surface area contributed by atoms with Crippen molar-refractivity contribution in [2.75, 3.05) is 6.54 Å². The first-order valence-electron chi connectivity index (χ1n) is 6.96. The molecule has 0 aromatic heterocycles. The molecule has 0 spiro atoms. The fourth-order valence-electron chi connectivity index (χ4n) is 2.83. The zero-order valence-corrected chi connectivity index (χ0v) is 11.3. The van der Waals surface area contributed by atoms with Crippen LogP contribution in [0.4, 0.5) is 4.39 Å². The molecule has 3 heteroatoms. The van der Waals surface area contributed by atoms with Crippen LogP contribution in [0.2, 0.25) is 0 Å². The van der Waals surface area contributed by atoms with E-state index in [9.17, 15) is 4.39 Å². The van der Waals surface area contributed by atoms with Crippen LogP contribution in [0.5, 0.6) is 5.75 Å². The van der Waals surface area contributed by atoms with Crippen molar-refractivity contribution in [2.45, 2.75) is 24.9 Å². The van der Waals surface area contributed by atoms with Crippen LogP contribution in [0.3, 0.4) is 0 Å². The highest BCUT2D eigenvalue weighted by atomic mass is 19.1. The zero-order chi connectivity index (χ0) is 13.9. The molecule has 1 aliphatic rings. The lowest BCUT2D eigenvalue weighted by atomic mass is 9.92. The van der Waals surface area contributed by atoms with Crippen molar-refractivity contribution in [1.29, 1.82) is 0 Å². The van der Waals surface area contributed by atoms with Gasteiger partial charge in [-0.05, 0) is 42.6 Å². The van der Waals surface area contributed by atoms with Crippen molar-refractivity contribution in [2.24, 2.45) is 5.73 Å². The highest BCUT2D eigenvalue weighted by Gasteiger charge is 2.26. The largest absolute Gasteiger partial charge is 0.490 e. The summed E-state index contributed by atoms with van der Waals surface area (Å²) in [6.45, 7) is 0.592. The molecule has 0 radical (unpaired) electrons. The second kappa shape index (κ2) is 5.63. The molecular weight excluding hydrogens is 253 g/mol. The van der Waals surface area contributed by atoms with Crippen molar-refractivity contribution >= 4 is 0 Å². The highest BCUT2D eigenvalue weighted by Crippen LogP contribution is 2.33. The van der Waals surface area contributed by atoms with Gasteiger partial charge in [0.15, 0.2) is 0 Å². The van der Waals surface area contributed by atoms with E-state index in [1.165, 1.54) is 11.6 Å². The first kappa shape index (κ1) is 13.1. The van der Waals surface area contributed by atoms with Crippen LogP contribution < -0.4 is 10.5 Å². The minimum Gasteiger partial charge on any atom is -0.490 e. The second-order valence-electron chi connectivity index (χ2n) is 5.28. The van der Waals surface area contributed by atoms with Crippen molar-refractivity contribution in [1.82, 2.24) is 0 Å². The molecule has 1 heterocycles. The Morgan fingerprint density at radius 3 is 2.75 bits per heavy atom. The standard InChI is InChI=1S/C17H18FNO/c18-15-6-7-17-13(8-15)9-16(20-17)10-14(11-19)12-4-2-1-3-5-12/h1-8,14,16H,9-11,19H2. The smallest absolute Gasteiger partial charge is 0.123 e. The van der Waals surface area contributed by atoms with Gasteiger partial charge >= 0.3 is 0 Å². The van der Waals surface area contributed by atoms with Gasteiger partial charge in [0.25, 0.3) is 0 Å². The Balaban J connectivity index is 1.70. The molecule has 0 bridgehead atoms. The lowest BCUT2D eigenvalue weighted by Crippen LogP contribution is -2.22. The second-order valence-corrected chi connectivity index (χ2v) is 5.28. The summed E-state index contributed by atoms with van der Waals surface area (Å²) in [5, 5.41) is 0. The van der Waals surface area contributed by atoms with E-state index in [1.54, 1.807) is 12.1 Å². The van der Waals surface area contributed by atoms with Gasteiger partial charge < -0.3 is 10.5 Å². The molecule has 20 heavy (non-hydrogen) atoms. The van der Waals surface area contributed by atoms with Crippen molar-refractivity contribution in [3.05, 3.63) is 65.5 Å². The van der Waals surface area contributed by atoms with Gasteiger partial charge in [0.05, 0.1) is 0 Å². The Morgan fingerprint density at radius 1 is 1.20 bits per heavy atom. The number of hydrogen-bond acceptors (Lipinski definition) is 2. The summed E-state index contributed by atoms with van der Waals surface area (Å²) in [6, 6.07) is 15.0. The van der Waals surface area contributed by atoms with Gasteiger partial charge in [-0.3, -0.25) is 0 Å². The van der Waals surface area contributed by atoms with E-state index in [2.05, 4.69) is 12.1 Å². The van der Waals surface area contributed by atoms with Gasteiger partial charge in [-0.1, -0.05) is 30.3 Å². The number of rotatable bonds is 4. The van der Waals surface area contributed by atoms with E-state index in [0.717, 1.165) is 24.2 Å². The van der Waals surface area contributed by atoms with E-state index >= 15 is 0 Å². The minimum absolute atomic E-state index is 0.0838. The summed E-state index contributed by atoms with van der Waals surface area (Å²) in [5.41, 5.74) is 8.09. The van der Waals surface area contributed by atoms with Crippen LogP contribution in [0.15, 0.2) is 48.5 Å². The summed E-state index contributed by atoms with van der Waals surface area (Å²) >= 11 is 0. The summed E-state index contributed by atoms with van der Waals surface area (Å²) in [4.78, 5) is 0. The van der Waals surface area contributed by atoms with Gasteiger partial charge in [0.2, 0.25) is 0 Å². The minimum atomic E-state index is -0.202. The third-order valence-electron chi connectivity index (χ3n) is 3.87. The maximum atomic E-state index is 13.2. The molecule has 2 atom stereocenters. The van der Waals surface area contributed by atoms with Crippen molar-refractivity contribution in [3.8, 4) is 5.75 Å². The van der Waals surface area contributed by atoms with E-state index in [1.807, 2.05) is 18.2 Å². The Morgan fingerprint density at radius 2 is 2.00 bits per heavy atom. The molecule has 2 aromatic carbocycles. The van der Waals surface area contributed by atoms with Crippen LogP contribution in [0, 0.1) is 5.82 Å². The van der Waals surface area contributed by atoms with Crippen molar-refractivity contribution < 1.29 is 9.13 Å². The van der Waals surface area contributed by atoms with Gasteiger partial charge in [0, 0.05) is 12.0 Å². The van der Waals surface area contributed by atoms with E-state index < -0.39 is 0 Å². The lowest BCUT2D eigenvalue weighted by molar-refractivity contribution is 0.210. The number of ether oxygens (including phenoxy) is 1. The van der Waals surface area contributed by atoms with E-state index in [-0.39, 0.29) is 17.8 Å². The predicted octanol–water partition coefficient (Wildman–Crippen LogP) is 3.26.